The number of benzene rings is 3. The monoisotopic (exact) mass is 456 g/mol. The van der Waals surface area contributed by atoms with E-state index < -0.39 is 0 Å². The van der Waals surface area contributed by atoms with Gasteiger partial charge in [0.25, 0.3) is 5.91 Å². The fourth-order valence-electron chi connectivity index (χ4n) is 2.52. The minimum atomic E-state index is -0.332. The number of hydrogen-bond acceptors (Lipinski definition) is 10. The van der Waals surface area contributed by atoms with Gasteiger partial charge in [-0.05, 0) is 60.7 Å². The number of nitrogens with two attached hydrogens (primary N) is 1. The van der Waals surface area contributed by atoms with Crippen molar-refractivity contribution in [3.63, 3.8) is 0 Å². The van der Waals surface area contributed by atoms with Crippen molar-refractivity contribution < 1.29 is 29.3 Å². The highest BCUT2D eigenvalue weighted by atomic mass is 32.2. The predicted molar refractivity (Wildman–Crippen MR) is 119 cm³/mol. The van der Waals surface area contributed by atoms with Crippen molar-refractivity contribution in [2.75, 3.05) is 24.3 Å². The molecule has 0 spiro atoms. The molecule has 0 saturated carbocycles. The SMILES string of the molecule is Nc1ccc(C(=O)Nc2ccc(/N=N/c3ccc(SOOO)cc3)cc2OCCO)cc1. The van der Waals surface area contributed by atoms with E-state index in [2.05, 4.69) is 24.9 Å². The van der Waals surface area contributed by atoms with Crippen LogP contribution in [-0.4, -0.2) is 29.5 Å². The highest BCUT2D eigenvalue weighted by Gasteiger charge is 2.11. The average molecular weight is 456 g/mol. The second-order valence-corrected chi connectivity index (χ2v) is 7.02. The second-order valence-electron chi connectivity index (χ2n) is 6.25. The van der Waals surface area contributed by atoms with Crippen molar-refractivity contribution in [2.24, 2.45) is 10.2 Å². The molecule has 0 aromatic heterocycles. The summed E-state index contributed by atoms with van der Waals surface area (Å²) in [7, 11) is 0. The molecule has 11 heteroatoms. The van der Waals surface area contributed by atoms with Gasteiger partial charge in [0.15, 0.2) is 0 Å². The van der Waals surface area contributed by atoms with Crippen LogP contribution in [0.3, 0.4) is 0 Å². The molecule has 0 aliphatic heterocycles. The number of aliphatic hydroxyl groups is 1. The summed E-state index contributed by atoms with van der Waals surface area (Å²) in [4.78, 5) is 13.2. The Morgan fingerprint density at radius 3 is 2.38 bits per heavy atom. The lowest BCUT2D eigenvalue weighted by atomic mass is 10.2. The van der Waals surface area contributed by atoms with Crippen LogP contribution in [0.1, 0.15) is 10.4 Å². The van der Waals surface area contributed by atoms with Gasteiger partial charge in [0.1, 0.15) is 12.4 Å². The van der Waals surface area contributed by atoms with Gasteiger partial charge in [-0.2, -0.15) is 10.2 Å². The number of aliphatic hydroxyl groups excluding tert-OH is 1. The summed E-state index contributed by atoms with van der Waals surface area (Å²) in [6.45, 7) is -0.142. The standard InChI is InChI=1S/C21H20N4O6S/c22-15-3-1-14(2-4-15)21(27)23-19-10-7-17(13-20(19)29-12-11-26)25-24-16-5-8-18(9-6-16)32-31-30-28/h1-10,13,26,28H,11-12,22H2,(H,23,27)/b25-24+. The first-order chi connectivity index (χ1) is 15.6. The van der Waals surface area contributed by atoms with Crippen LogP contribution in [0.5, 0.6) is 5.75 Å². The van der Waals surface area contributed by atoms with Crippen LogP contribution >= 0.6 is 12.0 Å². The third kappa shape index (κ3) is 6.77. The smallest absolute Gasteiger partial charge is 0.255 e. The van der Waals surface area contributed by atoms with Gasteiger partial charge in [0.05, 0.1) is 35.7 Å². The molecule has 0 radical (unpaired) electrons. The molecule has 3 aromatic rings. The van der Waals surface area contributed by atoms with Crippen LogP contribution in [0.25, 0.3) is 0 Å². The molecule has 3 rings (SSSR count). The third-order valence-electron chi connectivity index (χ3n) is 4.01. The molecule has 166 valence electrons. The Hall–Kier alpha value is -3.48. The molecule has 0 aliphatic carbocycles. The van der Waals surface area contributed by atoms with Crippen molar-refractivity contribution in [2.45, 2.75) is 4.90 Å². The Labute approximate surface area is 187 Å². The van der Waals surface area contributed by atoms with Gasteiger partial charge >= 0.3 is 0 Å². The zero-order valence-electron chi connectivity index (χ0n) is 16.7. The Morgan fingerprint density at radius 1 is 1.00 bits per heavy atom. The number of azo groups is 1. The molecule has 0 unspecified atom stereocenters. The number of carbonyl (C=O) groups is 1. The van der Waals surface area contributed by atoms with Crippen LogP contribution in [0.2, 0.25) is 0 Å². The fourth-order valence-corrected chi connectivity index (χ4v) is 2.88. The van der Waals surface area contributed by atoms with Crippen LogP contribution in [0, 0.1) is 0 Å². The van der Waals surface area contributed by atoms with Crippen molar-refractivity contribution in [3.05, 3.63) is 72.3 Å². The molecule has 0 bridgehead atoms. The molecule has 0 fully saturated rings. The highest BCUT2D eigenvalue weighted by molar-refractivity contribution is 7.94. The van der Waals surface area contributed by atoms with E-state index in [0.717, 1.165) is 12.0 Å². The highest BCUT2D eigenvalue weighted by Crippen LogP contribution is 2.31. The largest absolute Gasteiger partial charge is 0.489 e. The first-order valence-corrected chi connectivity index (χ1v) is 10.0. The van der Waals surface area contributed by atoms with Crippen molar-refractivity contribution in [3.8, 4) is 5.75 Å². The Balaban J connectivity index is 1.74. The third-order valence-corrected chi connectivity index (χ3v) is 4.61. The molecule has 0 atom stereocenters. The van der Waals surface area contributed by atoms with Gasteiger partial charge in [-0.25, -0.2) is 5.26 Å². The fraction of sp³-hybridized carbons (Fsp3) is 0.0952. The number of anilines is 2. The lowest BCUT2D eigenvalue weighted by molar-refractivity contribution is -0.432. The number of hydrogen-bond donors (Lipinski definition) is 4. The van der Waals surface area contributed by atoms with Crippen LogP contribution < -0.4 is 15.8 Å². The van der Waals surface area contributed by atoms with E-state index in [1.54, 1.807) is 66.7 Å². The zero-order valence-corrected chi connectivity index (χ0v) is 17.5. The molecule has 0 aliphatic rings. The van der Waals surface area contributed by atoms with Gasteiger partial charge < -0.3 is 20.9 Å². The number of nitrogen functional groups attached to an aromatic ring is 1. The molecule has 10 nitrogen and oxygen atoms in total. The topological polar surface area (TPSA) is 148 Å². The molecule has 1 amide bonds. The van der Waals surface area contributed by atoms with Crippen LogP contribution in [0.15, 0.2) is 81.9 Å². The predicted octanol–water partition coefficient (Wildman–Crippen LogP) is 4.74. The Bertz CT molecular complexity index is 1060. The molecule has 0 heterocycles. The summed E-state index contributed by atoms with van der Waals surface area (Å²) in [5.74, 6) is 0.00829. The van der Waals surface area contributed by atoms with Gasteiger partial charge in [-0.3, -0.25) is 4.79 Å². The average Bonchev–Trinajstić information content (AvgIpc) is 2.82. The van der Waals surface area contributed by atoms with E-state index in [1.165, 1.54) is 0 Å². The second kappa shape index (κ2) is 11.8. The molecular weight excluding hydrogens is 436 g/mol. The van der Waals surface area contributed by atoms with Gasteiger partial charge in [0.2, 0.25) is 0 Å². The zero-order chi connectivity index (χ0) is 22.8. The summed E-state index contributed by atoms with van der Waals surface area (Å²) in [6.07, 6.45) is 0. The molecule has 5 N–H and O–H groups in total. The number of nitrogens with zero attached hydrogens (tertiary/aromatic N) is 2. The maximum atomic E-state index is 12.5. The summed E-state index contributed by atoms with van der Waals surface area (Å²) in [6, 6.07) is 18.3. The first kappa shape index (κ1) is 23.2. The summed E-state index contributed by atoms with van der Waals surface area (Å²) >= 11 is 0.836. The number of ether oxygens (including phenoxy) is 1. The van der Waals surface area contributed by atoms with E-state index in [1.807, 2.05) is 0 Å². The molecule has 32 heavy (non-hydrogen) atoms. The van der Waals surface area contributed by atoms with Gasteiger partial charge in [-0.15, -0.1) is 4.33 Å². The van der Waals surface area contributed by atoms with Crippen LogP contribution in [-0.2, 0) is 9.37 Å². The number of rotatable bonds is 10. The minimum Gasteiger partial charge on any atom is -0.489 e. The maximum Gasteiger partial charge on any atom is 0.255 e. The van der Waals surface area contributed by atoms with Crippen molar-refractivity contribution in [1.82, 2.24) is 0 Å². The van der Waals surface area contributed by atoms with Gasteiger partial charge in [0, 0.05) is 22.2 Å². The first-order valence-electron chi connectivity index (χ1n) is 9.30. The van der Waals surface area contributed by atoms with Crippen LogP contribution in [0.4, 0.5) is 22.7 Å². The van der Waals surface area contributed by atoms with E-state index in [4.69, 9.17) is 20.8 Å². The molecule has 0 saturated heterocycles. The number of nitrogens with one attached hydrogen (secondary N) is 1. The summed E-state index contributed by atoms with van der Waals surface area (Å²) in [5, 5.41) is 31.9. The van der Waals surface area contributed by atoms with E-state index in [0.29, 0.717) is 39.0 Å². The van der Waals surface area contributed by atoms with Gasteiger partial charge in [-0.1, -0.05) is 5.04 Å². The summed E-state index contributed by atoms with van der Waals surface area (Å²) in [5.41, 5.74) is 8.14. The lowest BCUT2D eigenvalue weighted by Gasteiger charge is -2.12. The molecule has 3 aromatic carbocycles. The molecular formula is C21H20N4O6S. The minimum absolute atomic E-state index is 0.0457. The summed E-state index contributed by atoms with van der Waals surface area (Å²) < 4.78 is 9.91. The quantitative estimate of drug-likeness (QED) is 0.112. The van der Waals surface area contributed by atoms with Crippen molar-refractivity contribution >= 4 is 40.7 Å². The Kier molecular flexibility index (Phi) is 8.54. The number of carbonyl (C=O) groups excluding carboxylic acids is 1. The maximum absolute atomic E-state index is 12.5. The van der Waals surface area contributed by atoms with E-state index >= 15 is 0 Å². The normalized spacial score (nSPS) is 10.9. The van der Waals surface area contributed by atoms with E-state index in [-0.39, 0.29) is 19.1 Å². The number of amides is 1. The van der Waals surface area contributed by atoms with Crippen molar-refractivity contribution in [1.29, 1.82) is 0 Å². The van der Waals surface area contributed by atoms with E-state index in [9.17, 15) is 4.79 Å². The lowest BCUT2D eigenvalue weighted by Crippen LogP contribution is -2.13. The Morgan fingerprint density at radius 2 is 1.69 bits per heavy atom.